The predicted octanol–water partition coefficient (Wildman–Crippen LogP) is 3.62. The summed E-state index contributed by atoms with van der Waals surface area (Å²) in [7, 11) is 0. The number of hydrogen-bond acceptors (Lipinski definition) is 4. The van der Waals surface area contributed by atoms with Crippen LogP contribution in [0.15, 0.2) is 30.3 Å². The first-order chi connectivity index (χ1) is 16.3. The van der Waals surface area contributed by atoms with E-state index >= 15 is 0 Å². The first-order valence-electron chi connectivity index (χ1n) is 12.2. The third-order valence-corrected chi connectivity index (χ3v) is 7.04. The van der Waals surface area contributed by atoms with Crippen molar-refractivity contribution in [1.82, 2.24) is 10.2 Å². The smallest absolute Gasteiger partial charge is 0.293 e. The summed E-state index contributed by atoms with van der Waals surface area (Å²) < 4.78 is 6.12. The topological polar surface area (TPSA) is 65.7 Å². The highest BCUT2D eigenvalue weighted by atomic mass is 32.1. The average Bonchev–Trinajstić information content (AvgIpc) is 2.82. The molecule has 0 bridgehead atoms. The summed E-state index contributed by atoms with van der Waals surface area (Å²) in [5.74, 6) is 1.47. The molecule has 3 heterocycles. The molecule has 2 aliphatic rings. The highest BCUT2D eigenvalue weighted by Gasteiger charge is 2.36. The van der Waals surface area contributed by atoms with E-state index in [0.29, 0.717) is 12.5 Å². The van der Waals surface area contributed by atoms with Gasteiger partial charge in [-0.2, -0.15) is 5.26 Å². The lowest BCUT2D eigenvalue weighted by atomic mass is 9.86. The number of anilines is 1. The third kappa shape index (κ3) is 5.51. The van der Waals surface area contributed by atoms with E-state index in [4.69, 9.17) is 17.0 Å². The van der Waals surface area contributed by atoms with Crippen molar-refractivity contribution in [3.8, 4) is 6.07 Å². The fourth-order valence-corrected chi connectivity index (χ4v) is 5.08. The van der Waals surface area contributed by atoms with Crippen LogP contribution in [-0.4, -0.2) is 41.8 Å². The zero-order valence-electron chi connectivity index (χ0n) is 20.8. The Morgan fingerprint density at radius 3 is 2.53 bits per heavy atom. The van der Waals surface area contributed by atoms with Crippen LogP contribution >= 0.6 is 12.2 Å². The van der Waals surface area contributed by atoms with E-state index in [1.54, 1.807) is 0 Å². The summed E-state index contributed by atoms with van der Waals surface area (Å²) >= 11 is 5.67. The lowest BCUT2D eigenvalue weighted by Crippen LogP contribution is -2.53. The maximum atomic E-state index is 10.2. The molecule has 0 spiro atoms. The van der Waals surface area contributed by atoms with Crippen LogP contribution in [0.25, 0.3) is 0 Å². The molecule has 2 N–H and O–H groups in total. The van der Waals surface area contributed by atoms with E-state index in [9.17, 15) is 5.26 Å². The molecule has 180 valence electrons. The van der Waals surface area contributed by atoms with Crippen LogP contribution in [0.4, 0.5) is 5.82 Å². The molecule has 1 fully saturated rings. The molecule has 6 nitrogen and oxygen atoms in total. The molecule has 34 heavy (non-hydrogen) atoms. The fourth-order valence-electron chi connectivity index (χ4n) is 4.83. The molecule has 1 aromatic heterocycles. The molecule has 1 saturated heterocycles. The number of nitrogens with zero attached hydrogens (tertiary/aromatic N) is 3. The van der Waals surface area contributed by atoms with Crippen LogP contribution in [0.3, 0.4) is 0 Å². The summed E-state index contributed by atoms with van der Waals surface area (Å²) in [6.07, 6.45) is 1.70. The molecular weight excluding hydrogens is 442 g/mol. The summed E-state index contributed by atoms with van der Waals surface area (Å²) in [6, 6.07) is 12.8. The zero-order chi connectivity index (χ0) is 24.3. The Hall–Kier alpha value is -2.69. The van der Waals surface area contributed by atoms with E-state index in [2.05, 4.69) is 66.0 Å². The van der Waals surface area contributed by atoms with Gasteiger partial charge in [0.15, 0.2) is 5.11 Å². The van der Waals surface area contributed by atoms with Crippen molar-refractivity contribution in [3.05, 3.63) is 58.3 Å². The lowest BCUT2D eigenvalue weighted by molar-refractivity contribution is -0.379. The van der Waals surface area contributed by atoms with Gasteiger partial charge in [0.25, 0.3) is 5.82 Å². The third-order valence-electron chi connectivity index (χ3n) is 6.64. The van der Waals surface area contributed by atoms with Gasteiger partial charge in [-0.25, -0.2) is 4.98 Å². The quantitative estimate of drug-likeness (QED) is 0.662. The number of H-pyrrole nitrogens is 1. The number of fused-ring (bicyclic) bond motifs is 1. The number of pyridine rings is 1. The summed E-state index contributed by atoms with van der Waals surface area (Å²) in [5.41, 5.74) is 5.27. The summed E-state index contributed by atoms with van der Waals surface area (Å²) in [5, 5.41) is 14.4. The van der Waals surface area contributed by atoms with E-state index in [1.165, 1.54) is 16.8 Å². The van der Waals surface area contributed by atoms with E-state index in [-0.39, 0.29) is 5.60 Å². The first kappa shape index (κ1) is 24.4. The number of ether oxygens (including phenoxy) is 1. The standard InChI is InChI=1S/C27H35N5OS/c1-19(2)14-24-23-18-33-27(3,4)15-21(23)22(16-28)25(30-24)31-10-12-32(13-11-31)26(34)29-17-20-8-6-5-7-9-20/h5-9,19H,10-15,17-18H2,1-4H3,(H,29,34)/p+1. The molecule has 0 unspecified atom stereocenters. The Bertz CT molecular complexity index is 1070. The van der Waals surface area contributed by atoms with Gasteiger partial charge < -0.3 is 15.0 Å². The van der Waals surface area contributed by atoms with Crippen LogP contribution in [0.5, 0.6) is 0 Å². The second-order valence-electron chi connectivity index (χ2n) is 10.3. The summed E-state index contributed by atoms with van der Waals surface area (Å²) in [4.78, 5) is 8.22. The van der Waals surface area contributed by atoms with Crippen LogP contribution in [0.1, 0.15) is 55.6 Å². The molecule has 0 aliphatic carbocycles. The Labute approximate surface area is 208 Å². The van der Waals surface area contributed by atoms with Crippen molar-refractivity contribution >= 4 is 23.1 Å². The van der Waals surface area contributed by atoms with Gasteiger partial charge in [-0.15, -0.1) is 0 Å². The lowest BCUT2D eigenvalue weighted by Gasteiger charge is -2.35. The molecule has 4 rings (SSSR count). The molecule has 2 aliphatic heterocycles. The van der Waals surface area contributed by atoms with E-state index in [0.717, 1.165) is 67.6 Å². The van der Waals surface area contributed by atoms with Gasteiger partial charge in [0.05, 0.1) is 25.3 Å². The number of aromatic amines is 1. The SMILES string of the molecule is CC(C)Cc1[nH+]c(N2CCN(C(=S)NCc3ccccc3)CC2)c(C#N)c2c1COC(C)(C)C2. The molecule has 0 radical (unpaired) electrons. The van der Waals surface area contributed by atoms with Crippen molar-refractivity contribution in [2.75, 3.05) is 31.1 Å². The van der Waals surface area contributed by atoms with Crippen molar-refractivity contribution in [2.24, 2.45) is 5.92 Å². The minimum atomic E-state index is -0.262. The minimum Gasteiger partial charge on any atom is -0.370 e. The number of hydrogen-bond donors (Lipinski definition) is 1. The van der Waals surface area contributed by atoms with Crippen LogP contribution in [0, 0.1) is 17.2 Å². The number of thiocarbonyl (C=S) groups is 1. The van der Waals surface area contributed by atoms with Crippen molar-refractivity contribution in [2.45, 2.75) is 59.3 Å². The molecule has 0 saturated carbocycles. The minimum absolute atomic E-state index is 0.262. The van der Waals surface area contributed by atoms with E-state index in [1.807, 2.05) is 18.2 Å². The first-order valence-corrected chi connectivity index (χ1v) is 12.6. The molecule has 2 aromatic rings. The Morgan fingerprint density at radius 2 is 1.88 bits per heavy atom. The second-order valence-corrected chi connectivity index (χ2v) is 10.7. The maximum absolute atomic E-state index is 10.2. The van der Waals surface area contributed by atoms with Gasteiger partial charge >= 0.3 is 0 Å². The molecular formula is C27H36N5OS+. The molecule has 0 atom stereocenters. The largest absolute Gasteiger partial charge is 0.370 e. The van der Waals surface area contributed by atoms with E-state index < -0.39 is 0 Å². The maximum Gasteiger partial charge on any atom is 0.293 e. The number of benzene rings is 1. The molecule has 1 aromatic carbocycles. The number of nitriles is 1. The van der Waals surface area contributed by atoms with Crippen LogP contribution in [0.2, 0.25) is 0 Å². The second kappa shape index (κ2) is 10.3. The highest BCUT2D eigenvalue weighted by molar-refractivity contribution is 7.80. The van der Waals surface area contributed by atoms with Gasteiger partial charge in [0.2, 0.25) is 0 Å². The zero-order valence-corrected chi connectivity index (χ0v) is 21.6. The Kier molecular flexibility index (Phi) is 7.39. The Balaban J connectivity index is 1.51. The van der Waals surface area contributed by atoms with Gasteiger partial charge in [0.1, 0.15) is 30.4 Å². The number of aromatic nitrogens is 1. The van der Waals surface area contributed by atoms with Gasteiger partial charge in [-0.1, -0.05) is 44.2 Å². The van der Waals surface area contributed by atoms with Crippen LogP contribution < -0.4 is 15.2 Å². The van der Waals surface area contributed by atoms with Gasteiger partial charge in [-0.05, 0) is 43.1 Å². The summed E-state index contributed by atoms with van der Waals surface area (Å²) in [6.45, 7) is 13.3. The number of nitrogens with one attached hydrogen (secondary N) is 2. The van der Waals surface area contributed by atoms with Gasteiger partial charge in [-0.3, -0.25) is 4.90 Å². The van der Waals surface area contributed by atoms with Crippen LogP contribution in [-0.2, 0) is 30.7 Å². The number of rotatable bonds is 5. The molecule has 7 heteroatoms. The normalized spacial score (nSPS) is 17.3. The van der Waals surface area contributed by atoms with Crippen molar-refractivity contribution < 1.29 is 9.72 Å². The highest BCUT2D eigenvalue weighted by Crippen LogP contribution is 2.34. The predicted molar refractivity (Wildman–Crippen MR) is 138 cm³/mol. The fraction of sp³-hybridized carbons (Fsp3) is 0.519. The average molecular weight is 479 g/mol. The van der Waals surface area contributed by atoms with Crippen molar-refractivity contribution in [3.63, 3.8) is 0 Å². The Morgan fingerprint density at radius 1 is 1.18 bits per heavy atom. The monoisotopic (exact) mass is 478 g/mol. The molecule has 0 amide bonds. The van der Waals surface area contributed by atoms with Gasteiger partial charge in [0, 0.05) is 24.9 Å². The van der Waals surface area contributed by atoms with Crippen molar-refractivity contribution in [1.29, 1.82) is 5.26 Å². The number of piperazine rings is 1.